The molecule has 6 heteroatoms. The summed E-state index contributed by atoms with van der Waals surface area (Å²) in [7, 11) is 0. The molecule has 23 heavy (non-hydrogen) atoms. The van der Waals surface area contributed by atoms with E-state index in [4.69, 9.17) is 0 Å². The van der Waals surface area contributed by atoms with Crippen molar-refractivity contribution >= 4 is 11.8 Å². The van der Waals surface area contributed by atoms with E-state index in [0.717, 1.165) is 12.0 Å². The molecule has 120 valence electrons. The Morgan fingerprint density at radius 3 is 2.78 bits per heavy atom. The van der Waals surface area contributed by atoms with Crippen LogP contribution in [0, 0.1) is 0 Å². The Hall–Kier alpha value is -2.63. The number of fused-ring (bicyclic) bond motifs is 1. The van der Waals surface area contributed by atoms with Crippen LogP contribution >= 0.6 is 0 Å². The number of nitrogens with one attached hydrogen (secondary N) is 1. The number of hydrogen-bond donors (Lipinski definition) is 1. The quantitative estimate of drug-likeness (QED) is 0.913. The standard InChI is InChI=1S/C17H20N4O2/c1-2-8-18-16(22)14-11-15-17(23)20(9-10-21(15)19-14)12-13-6-4-3-5-7-13/h3-7,11H,2,8-10,12H2,1H3,(H,18,22). The van der Waals surface area contributed by atoms with Crippen LogP contribution in [0.25, 0.3) is 0 Å². The zero-order valence-electron chi connectivity index (χ0n) is 13.2. The Morgan fingerprint density at radius 1 is 1.26 bits per heavy atom. The third-order valence-electron chi connectivity index (χ3n) is 3.85. The molecule has 0 saturated carbocycles. The summed E-state index contributed by atoms with van der Waals surface area (Å²) in [6, 6.07) is 11.5. The molecule has 0 spiro atoms. The third-order valence-corrected chi connectivity index (χ3v) is 3.85. The largest absolute Gasteiger partial charge is 0.351 e. The molecule has 0 aliphatic carbocycles. The van der Waals surface area contributed by atoms with Gasteiger partial charge in [0.1, 0.15) is 5.69 Å². The Morgan fingerprint density at radius 2 is 2.04 bits per heavy atom. The first kappa shape index (κ1) is 15.3. The van der Waals surface area contributed by atoms with Gasteiger partial charge in [0.2, 0.25) is 0 Å². The van der Waals surface area contributed by atoms with Crippen LogP contribution in [0.15, 0.2) is 36.4 Å². The molecule has 0 bridgehead atoms. The van der Waals surface area contributed by atoms with Crippen molar-refractivity contribution in [2.24, 2.45) is 0 Å². The molecule has 1 aromatic carbocycles. The van der Waals surface area contributed by atoms with E-state index in [2.05, 4.69) is 10.4 Å². The van der Waals surface area contributed by atoms with Crippen LogP contribution in [0.2, 0.25) is 0 Å². The number of carbonyl (C=O) groups excluding carboxylic acids is 2. The summed E-state index contributed by atoms with van der Waals surface area (Å²) >= 11 is 0. The fourth-order valence-electron chi connectivity index (χ4n) is 2.63. The molecule has 0 unspecified atom stereocenters. The number of amides is 2. The molecule has 3 rings (SSSR count). The fourth-order valence-corrected chi connectivity index (χ4v) is 2.63. The van der Waals surface area contributed by atoms with Crippen LogP contribution in [-0.2, 0) is 13.1 Å². The van der Waals surface area contributed by atoms with Crippen molar-refractivity contribution in [3.63, 3.8) is 0 Å². The molecule has 0 atom stereocenters. The van der Waals surface area contributed by atoms with Gasteiger partial charge in [-0.3, -0.25) is 14.3 Å². The van der Waals surface area contributed by atoms with Crippen molar-refractivity contribution in [3.8, 4) is 0 Å². The van der Waals surface area contributed by atoms with Crippen LogP contribution < -0.4 is 5.32 Å². The van der Waals surface area contributed by atoms with Gasteiger partial charge in [0, 0.05) is 25.7 Å². The van der Waals surface area contributed by atoms with Gasteiger partial charge in [0.05, 0.1) is 6.54 Å². The highest BCUT2D eigenvalue weighted by Gasteiger charge is 2.27. The lowest BCUT2D eigenvalue weighted by Crippen LogP contribution is -2.39. The molecule has 0 saturated heterocycles. The summed E-state index contributed by atoms with van der Waals surface area (Å²) in [5, 5.41) is 7.04. The van der Waals surface area contributed by atoms with Crippen LogP contribution in [0.3, 0.4) is 0 Å². The summed E-state index contributed by atoms with van der Waals surface area (Å²) in [4.78, 5) is 26.4. The number of benzene rings is 1. The normalized spacial score (nSPS) is 13.8. The minimum atomic E-state index is -0.226. The summed E-state index contributed by atoms with van der Waals surface area (Å²) in [5.74, 6) is -0.307. The number of carbonyl (C=O) groups is 2. The zero-order chi connectivity index (χ0) is 16.2. The first-order valence-electron chi connectivity index (χ1n) is 7.88. The molecular weight excluding hydrogens is 292 g/mol. The minimum Gasteiger partial charge on any atom is -0.351 e. The van der Waals surface area contributed by atoms with Crippen molar-refractivity contribution in [3.05, 3.63) is 53.3 Å². The lowest BCUT2D eigenvalue weighted by molar-refractivity contribution is 0.0683. The van der Waals surface area contributed by atoms with Gasteiger partial charge >= 0.3 is 0 Å². The van der Waals surface area contributed by atoms with Gasteiger partial charge in [-0.25, -0.2) is 0 Å². The lowest BCUT2D eigenvalue weighted by atomic mass is 10.2. The van der Waals surface area contributed by atoms with E-state index in [0.29, 0.717) is 37.6 Å². The smallest absolute Gasteiger partial charge is 0.272 e. The van der Waals surface area contributed by atoms with Crippen molar-refractivity contribution in [2.75, 3.05) is 13.1 Å². The Balaban J connectivity index is 1.75. The topological polar surface area (TPSA) is 67.2 Å². The summed E-state index contributed by atoms with van der Waals surface area (Å²) < 4.78 is 1.63. The zero-order valence-corrected chi connectivity index (χ0v) is 13.2. The second-order valence-corrected chi connectivity index (χ2v) is 5.61. The van der Waals surface area contributed by atoms with Gasteiger partial charge in [-0.1, -0.05) is 37.3 Å². The van der Waals surface area contributed by atoms with Crippen LogP contribution in [0.1, 0.15) is 39.9 Å². The van der Waals surface area contributed by atoms with Crippen molar-refractivity contribution in [1.29, 1.82) is 0 Å². The maximum absolute atomic E-state index is 12.6. The first-order chi connectivity index (χ1) is 11.2. The van der Waals surface area contributed by atoms with E-state index in [1.807, 2.05) is 37.3 Å². The van der Waals surface area contributed by atoms with Gasteiger partial charge in [0.25, 0.3) is 11.8 Å². The van der Waals surface area contributed by atoms with Crippen LogP contribution in [0.4, 0.5) is 0 Å². The second-order valence-electron chi connectivity index (χ2n) is 5.61. The van der Waals surface area contributed by atoms with Crippen LogP contribution in [-0.4, -0.2) is 39.6 Å². The highest BCUT2D eigenvalue weighted by Crippen LogP contribution is 2.16. The molecule has 0 fully saturated rings. The Labute approximate surface area is 135 Å². The van der Waals surface area contributed by atoms with E-state index < -0.39 is 0 Å². The molecule has 2 aromatic rings. The number of rotatable bonds is 5. The maximum atomic E-state index is 12.6. The molecule has 1 N–H and O–H groups in total. The van der Waals surface area contributed by atoms with E-state index >= 15 is 0 Å². The van der Waals surface area contributed by atoms with E-state index in [-0.39, 0.29) is 11.8 Å². The SMILES string of the molecule is CCCNC(=O)c1cc2n(n1)CCN(Cc1ccccc1)C2=O. The van der Waals surface area contributed by atoms with E-state index in [1.54, 1.807) is 15.6 Å². The van der Waals surface area contributed by atoms with E-state index in [9.17, 15) is 9.59 Å². The van der Waals surface area contributed by atoms with Crippen LogP contribution in [0.5, 0.6) is 0 Å². The molecule has 2 amide bonds. The lowest BCUT2D eigenvalue weighted by Gasteiger charge is -2.27. The molecular formula is C17H20N4O2. The van der Waals surface area contributed by atoms with Crippen molar-refractivity contribution < 1.29 is 9.59 Å². The van der Waals surface area contributed by atoms with Crippen molar-refractivity contribution in [2.45, 2.75) is 26.4 Å². The van der Waals surface area contributed by atoms with Crippen molar-refractivity contribution in [1.82, 2.24) is 20.0 Å². The number of nitrogens with zero attached hydrogens (tertiary/aromatic N) is 3. The average molecular weight is 312 g/mol. The Bertz CT molecular complexity index is 709. The molecule has 1 aliphatic heterocycles. The minimum absolute atomic E-state index is 0.0813. The molecule has 1 aliphatic rings. The molecule has 0 radical (unpaired) electrons. The van der Waals surface area contributed by atoms with E-state index in [1.165, 1.54) is 0 Å². The predicted molar refractivity (Wildman–Crippen MR) is 86.0 cm³/mol. The van der Waals surface area contributed by atoms with Gasteiger partial charge in [-0.05, 0) is 12.0 Å². The first-order valence-corrected chi connectivity index (χ1v) is 7.88. The van der Waals surface area contributed by atoms with Gasteiger partial charge in [-0.15, -0.1) is 0 Å². The highest BCUT2D eigenvalue weighted by atomic mass is 16.2. The summed E-state index contributed by atoms with van der Waals surface area (Å²) in [5.41, 5.74) is 1.88. The summed E-state index contributed by atoms with van der Waals surface area (Å²) in [6.07, 6.45) is 0.864. The van der Waals surface area contributed by atoms with Gasteiger partial charge in [-0.2, -0.15) is 5.10 Å². The van der Waals surface area contributed by atoms with Gasteiger partial charge < -0.3 is 10.2 Å². The third kappa shape index (κ3) is 3.26. The summed E-state index contributed by atoms with van der Waals surface area (Å²) in [6.45, 7) is 4.37. The monoisotopic (exact) mass is 312 g/mol. The van der Waals surface area contributed by atoms with Gasteiger partial charge in [0.15, 0.2) is 5.69 Å². The highest BCUT2D eigenvalue weighted by molar-refractivity contribution is 5.98. The molecule has 1 aromatic heterocycles. The fraction of sp³-hybridized carbons (Fsp3) is 0.353. The molecule has 2 heterocycles. The average Bonchev–Trinajstić information content (AvgIpc) is 3.01. The second kappa shape index (κ2) is 6.64. The number of aromatic nitrogens is 2. The maximum Gasteiger partial charge on any atom is 0.272 e. The Kier molecular flexibility index (Phi) is 4.41. The number of hydrogen-bond acceptors (Lipinski definition) is 3. The predicted octanol–water partition coefficient (Wildman–Crippen LogP) is 1.68. The molecule has 6 nitrogen and oxygen atoms in total.